The van der Waals surface area contributed by atoms with Crippen LogP contribution in [0.25, 0.3) is 0 Å². The second-order valence-electron chi connectivity index (χ2n) is 6.87. The van der Waals surface area contributed by atoms with Crippen molar-refractivity contribution in [3.63, 3.8) is 0 Å². The first-order valence-corrected chi connectivity index (χ1v) is 9.14. The Hall–Kier alpha value is -3.21. The van der Waals surface area contributed by atoms with Crippen molar-refractivity contribution in [2.24, 2.45) is 0 Å². The van der Waals surface area contributed by atoms with Crippen molar-refractivity contribution in [3.05, 3.63) is 82.8 Å². The Labute approximate surface area is 159 Å². The highest BCUT2D eigenvalue weighted by Gasteiger charge is 2.19. The molecule has 1 N–H and O–H groups in total. The van der Waals surface area contributed by atoms with Gasteiger partial charge in [-0.05, 0) is 43.0 Å². The predicted molar refractivity (Wildman–Crippen MR) is 107 cm³/mol. The van der Waals surface area contributed by atoms with E-state index in [0.717, 1.165) is 36.6 Å². The molecule has 0 aliphatic carbocycles. The molecule has 0 saturated carbocycles. The van der Waals surface area contributed by atoms with Crippen LogP contribution in [0.4, 0.5) is 11.5 Å². The Morgan fingerprint density at radius 3 is 2.56 bits per heavy atom. The number of nitrogens with one attached hydrogen (secondary N) is 1. The maximum atomic E-state index is 12.7. The number of rotatable bonds is 3. The number of hydrogen-bond donors (Lipinski definition) is 1. The molecule has 136 valence electrons. The molecule has 5 nitrogen and oxygen atoms in total. The zero-order valence-electron chi connectivity index (χ0n) is 15.6. The molecular weight excluding hydrogens is 336 g/mol. The minimum atomic E-state index is -0.214. The second-order valence-corrected chi connectivity index (χ2v) is 6.87. The van der Waals surface area contributed by atoms with Crippen molar-refractivity contribution in [1.29, 1.82) is 0 Å². The van der Waals surface area contributed by atoms with Gasteiger partial charge in [-0.2, -0.15) is 0 Å². The Bertz CT molecular complexity index is 999. The first-order chi connectivity index (χ1) is 13.1. The quantitative estimate of drug-likeness (QED) is 0.771. The third kappa shape index (κ3) is 3.67. The van der Waals surface area contributed by atoms with Crippen LogP contribution in [0.15, 0.2) is 54.6 Å². The van der Waals surface area contributed by atoms with Gasteiger partial charge in [-0.15, -0.1) is 0 Å². The fourth-order valence-corrected chi connectivity index (χ4v) is 3.42. The summed E-state index contributed by atoms with van der Waals surface area (Å²) < 4.78 is 0. The normalized spacial score (nSPS) is 13.2. The largest absolute Gasteiger partial charge is 0.352 e. The lowest BCUT2D eigenvalue weighted by atomic mass is 10.00. The molecule has 1 amide bonds. The predicted octanol–water partition coefficient (Wildman–Crippen LogP) is 3.91. The Morgan fingerprint density at radius 2 is 1.74 bits per heavy atom. The van der Waals surface area contributed by atoms with Crippen molar-refractivity contribution >= 4 is 17.4 Å². The van der Waals surface area contributed by atoms with Gasteiger partial charge >= 0.3 is 0 Å². The highest BCUT2D eigenvalue weighted by atomic mass is 16.1. The molecule has 5 heteroatoms. The highest BCUT2D eigenvalue weighted by Crippen LogP contribution is 2.24. The molecule has 2 aromatic carbocycles. The topological polar surface area (TPSA) is 58.1 Å². The van der Waals surface area contributed by atoms with Gasteiger partial charge in [0.2, 0.25) is 0 Å². The number of nitrogens with zero attached hydrogens (tertiary/aromatic N) is 3. The molecule has 0 atom stereocenters. The van der Waals surface area contributed by atoms with Crippen LogP contribution in [0.3, 0.4) is 0 Å². The molecule has 4 rings (SSSR count). The van der Waals surface area contributed by atoms with E-state index in [1.807, 2.05) is 38.1 Å². The van der Waals surface area contributed by atoms with E-state index >= 15 is 0 Å². The average Bonchev–Trinajstić information content (AvgIpc) is 2.69. The maximum Gasteiger partial charge on any atom is 0.274 e. The Balaban J connectivity index is 1.59. The molecule has 1 aromatic heterocycles. The number of aryl methyl sites for hydroxylation is 2. The van der Waals surface area contributed by atoms with Crippen molar-refractivity contribution in [2.45, 2.75) is 26.8 Å². The summed E-state index contributed by atoms with van der Waals surface area (Å²) in [6.45, 7) is 5.47. The van der Waals surface area contributed by atoms with Crippen LogP contribution in [0, 0.1) is 13.8 Å². The van der Waals surface area contributed by atoms with Gasteiger partial charge in [0.25, 0.3) is 5.91 Å². The van der Waals surface area contributed by atoms with Crippen LogP contribution in [-0.2, 0) is 13.0 Å². The Kier molecular flexibility index (Phi) is 4.59. The number of para-hydroxylation sites is 1. The van der Waals surface area contributed by atoms with Gasteiger partial charge in [0.1, 0.15) is 17.3 Å². The first-order valence-electron chi connectivity index (χ1n) is 9.14. The SMILES string of the molecule is Cc1nc(C(=O)Nc2ccccc2C)cc(N2CCc3ccccc3C2)n1. The fourth-order valence-electron chi connectivity index (χ4n) is 3.42. The van der Waals surface area contributed by atoms with Crippen LogP contribution in [-0.4, -0.2) is 22.4 Å². The molecule has 2 heterocycles. The lowest BCUT2D eigenvalue weighted by Gasteiger charge is -2.30. The van der Waals surface area contributed by atoms with Crippen LogP contribution in [0.2, 0.25) is 0 Å². The van der Waals surface area contributed by atoms with Gasteiger partial charge in [0.15, 0.2) is 0 Å². The highest BCUT2D eigenvalue weighted by molar-refractivity contribution is 6.03. The lowest BCUT2D eigenvalue weighted by Crippen LogP contribution is -2.31. The van der Waals surface area contributed by atoms with E-state index < -0.39 is 0 Å². The van der Waals surface area contributed by atoms with E-state index in [1.165, 1.54) is 11.1 Å². The molecule has 1 aliphatic heterocycles. The number of benzene rings is 2. The zero-order valence-corrected chi connectivity index (χ0v) is 15.6. The maximum absolute atomic E-state index is 12.7. The minimum absolute atomic E-state index is 0.214. The summed E-state index contributed by atoms with van der Waals surface area (Å²) in [5, 5.41) is 2.95. The number of aromatic nitrogens is 2. The molecule has 0 saturated heterocycles. The lowest BCUT2D eigenvalue weighted by molar-refractivity contribution is 0.102. The zero-order chi connectivity index (χ0) is 18.8. The summed E-state index contributed by atoms with van der Waals surface area (Å²) >= 11 is 0. The standard InChI is InChI=1S/C22H22N4O/c1-15-7-3-6-10-19(15)25-22(27)20-13-21(24-16(2)23-20)26-12-11-17-8-4-5-9-18(17)14-26/h3-10,13H,11-12,14H2,1-2H3,(H,25,27). The molecule has 1 aliphatic rings. The van der Waals surface area contributed by atoms with E-state index in [4.69, 9.17) is 0 Å². The van der Waals surface area contributed by atoms with Gasteiger partial charge in [0.05, 0.1) is 0 Å². The number of fused-ring (bicyclic) bond motifs is 1. The summed E-state index contributed by atoms with van der Waals surface area (Å²) in [6.07, 6.45) is 0.976. The van der Waals surface area contributed by atoms with Crippen LogP contribution < -0.4 is 10.2 Å². The third-order valence-electron chi connectivity index (χ3n) is 4.90. The van der Waals surface area contributed by atoms with E-state index in [2.05, 4.69) is 44.5 Å². The minimum Gasteiger partial charge on any atom is -0.352 e. The number of carbonyl (C=O) groups is 1. The first kappa shape index (κ1) is 17.2. The van der Waals surface area contributed by atoms with Gasteiger partial charge in [0, 0.05) is 24.8 Å². The molecular formula is C22H22N4O. The molecule has 0 radical (unpaired) electrons. The summed E-state index contributed by atoms with van der Waals surface area (Å²) in [5.74, 6) is 1.18. The number of anilines is 2. The second kappa shape index (κ2) is 7.19. The molecule has 0 spiro atoms. The van der Waals surface area contributed by atoms with E-state index in [1.54, 1.807) is 6.07 Å². The monoisotopic (exact) mass is 358 g/mol. The van der Waals surface area contributed by atoms with Crippen molar-refractivity contribution in [3.8, 4) is 0 Å². The Morgan fingerprint density at radius 1 is 1.00 bits per heavy atom. The van der Waals surface area contributed by atoms with Crippen LogP contribution in [0.5, 0.6) is 0 Å². The van der Waals surface area contributed by atoms with Crippen molar-refractivity contribution in [1.82, 2.24) is 9.97 Å². The summed E-state index contributed by atoms with van der Waals surface area (Å²) in [6, 6.07) is 18.0. The number of amides is 1. The smallest absolute Gasteiger partial charge is 0.274 e. The van der Waals surface area contributed by atoms with E-state index in [-0.39, 0.29) is 5.91 Å². The van der Waals surface area contributed by atoms with Gasteiger partial charge in [-0.1, -0.05) is 42.5 Å². The fraction of sp³-hybridized carbons (Fsp3) is 0.227. The van der Waals surface area contributed by atoms with Crippen LogP contribution >= 0.6 is 0 Å². The summed E-state index contributed by atoms with van der Waals surface area (Å²) in [7, 11) is 0. The molecule has 0 fully saturated rings. The molecule has 27 heavy (non-hydrogen) atoms. The van der Waals surface area contributed by atoms with Crippen molar-refractivity contribution < 1.29 is 4.79 Å². The number of carbonyl (C=O) groups excluding carboxylic acids is 1. The van der Waals surface area contributed by atoms with Crippen molar-refractivity contribution in [2.75, 3.05) is 16.8 Å². The van der Waals surface area contributed by atoms with Gasteiger partial charge in [-0.25, -0.2) is 9.97 Å². The average molecular weight is 358 g/mol. The van der Waals surface area contributed by atoms with Gasteiger partial charge in [-0.3, -0.25) is 4.79 Å². The van der Waals surface area contributed by atoms with Gasteiger partial charge < -0.3 is 10.2 Å². The summed E-state index contributed by atoms with van der Waals surface area (Å²) in [5.41, 5.74) is 4.90. The van der Waals surface area contributed by atoms with E-state index in [0.29, 0.717) is 11.5 Å². The summed E-state index contributed by atoms with van der Waals surface area (Å²) in [4.78, 5) is 23.9. The molecule has 0 bridgehead atoms. The van der Waals surface area contributed by atoms with Crippen LogP contribution in [0.1, 0.15) is 33.0 Å². The van der Waals surface area contributed by atoms with E-state index in [9.17, 15) is 4.79 Å². The third-order valence-corrected chi connectivity index (χ3v) is 4.90. The number of hydrogen-bond acceptors (Lipinski definition) is 4. The molecule has 0 unspecified atom stereocenters. The molecule has 3 aromatic rings.